The number of hydrogen-bond donors (Lipinski definition) is 2. The number of amides is 2. The van der Waals surface area contributed by atoms with Crippen LogP contribution < -0.4 is 5.32 Å². The number of urea groups is 1. The molecule has 0 spiro atoms. The van der Waals surface area contributed by atoms with Gasteiger partial charge in [0, 0.05) is 24.4 Å². The molecule has 1 aliphatic carbocycles. The Balaban J connectivity index is 1.73. The highest BCUT2D eigenvalue weighted by Gasteiger charge is 2.36. The third-order valence-electron chi connectivity index (χ3n) is 3.81. The van der Waals surface area contributed by atoms with E-state index in [1.54, 1.807) is 4.90 Å². The van der Waals surface area contributed by atoms with Crippen LogP contribution in [-0.2, 0) is 4.79 Å². The zero-order valence-corrected chi connectivity index (χ0v) is 11.4. The van der Waals surface area contributed by atoms with Crippen molar-refractivity contribution < 1.29 is 14.7 Å². The van der Waals surface area contributed by atoms with Gasteiger partial charge in [0.25, 0.3) is 0 Å². The Kier molecular flexibility index (Phi) is 4.37. The first-order valence-corrected chi connectivity index (χ1v) is 7.70. The first kappa shape index (κ1) is 13.5. The molecular weight excluding hydrogens is 252 g/mol. The lowest BCUT2D eigenvalue weighted by Crippen LogP contribution is -2.58. The van der Waals surface area contributed by atoms with Gasteiger partial charge in [-0.1, -0.05) is 6.42 Å². The molecule has 2 N–H and O–H groups in total. The Morgan fingerprint density at radius 1 is 1.33 bits per heavy atom. The predicted octanol–water partition coefficient (Wildman–Crippen LogP) is 1.39. The van der Waals surface area contributed by atoms with Gasteiger partial charge in [-0.05, 0) is 25.5 Å². The van der Waals surface area contributed by atoms with E-state index < -0.39 is 5.97 Å². The fraction of sp³-hybridized carbons (Fsp3) is 0.833. The molecule has 1 heterocycles. The number of carbonyl (C=O) groups excluding carboxylic acids is 1. The number of thioether (sulfide) groups is 1. The van der Waals surface area contributed by atoms with Crippen molar-refractivity contribution in [2.45, 2.75) is 37.0 Å². The van der Waals surface area contributed by atoms with Crippen molar-refractivity contribution in [3.63, 3.8) is 0 Å². The number of carboxylic acid groups (broad SMARTS) is 1. The summed E-state index contributed by atoms with van der Waals surface area (Å²) in [4.78, 5) is 24.1. The second-order valence-corrected chi connectivity index (χ2v) is 6.25. The van der Waals surface area contributed by atoms with Gasteiger partial charge in [0.05, 0.1) is 5.92 Å². The second-order valence-electron chi connectivity index (χ2n) is 5.11. The van der Waals surface area contributed by atoms with E-state index in [9.17, 15) is 9.59 Å². The van der Waals surface area contributed by atoms with Crippen molar-refractivity contribution in [2.75, 3.05) is 19.3 Å². The lowest BCUT2D eigenvalue weighted by atomic mass is 9.95. The molecule has 18 heavy (non-hydrogen) atoms. The minimum Gasteiger partial charge on any atom is -0.481 e. The maximum absolute atomic E-state index is 11.9. The summed E-state index contributed by atoms with van der Waals surface area (Å²) in [6, 6.07) is 0.159. The molecular formula is C12H20N2O3S. The summed E-state index contributed by atoms with van der Waals surface area (Å²) in [6.07, 6.45) is 6.58. The van der Waals surface area contributed by atoms with Crippen molar-refractivity contribution in [3.05, 3.63) is 0 Å². The summed E-state index contributed by atoms with van der Waals surface area (Å²) < 4.78 is 0. The molecule has 0 bridgehead atoms. The number of likely N-dealkylation sites (tertiary alicyclic amines) is 1. The molecule has 0 aromatic heterocycles. The van der Waals surface area contributed by atoms with E-state index in [1.807, 2.05) is 11.8 Å². The van der Waals surface area contributed by atoms with Crippen LogP contribution in [0.1, 0.15) is 25.7 Å². The quantitative estimate of drug-likeness (QED) is 0.814. The molecule has 2 unspecified atom stereocenters. The van der Waals surface area contributed by atoms with E-state index in [1.165, 1.54) is 6.42 Å². The average Bonchev–Trinajstić information content (AvgIpc) is 2.26. The van der Waals surface area contributed by atoms with Crippen LogP contribution in [0.25, 0.3) is 0 Å². The molecule has 2 atom stereocenters. The van der Waals surface area contributed by atoms with E-state index in [4.69, 9.17) is 5.11 Å². The fourth-order valence-electron chi connectivity index (χ4n) is 2.56. The molecule has 0 radical (unpaired) electrons. The van der Waals surface area contributed by atoms with E-state index in [2.05, 4.69) is 11.6 Å². The van der Waals surface area contributed by atoms with Crippen LogP contribution in [0.3, 0.4) is 0 Å². The highest BCUT2D eigenvalue weighted by Crippen LogP contribution is 2.27. The van der Waals surface area contributed by atoms with Crippen molar-refractivity contribution in [3.8, 4) is 0 Å². The van der Waals surface area contributed by atoms with Crippen LogP contribution in [-0.4, -0.2) is 52.6 Å². The summed E-state index contributed by atoms with van der Waals surface area (Å²) in [5, 5.41) is 12.4. The van der Waals surface area contributed by atoms with Crippen LogP contribution in [0.2, 0.25) is 0 Å². The Bertz CT molecular complexity index is 331. The standard InChI is InChI=1S/C12H20N2O3S/c1-18-10-4-2-3-9(5-10)13-12(17)14-6-8(7-14)11(15)16/h8-10H,2-7H2,1H3,(H,13,17)(H,15,16). The fourth-order valence-corrected chi connectivity index (χ4v) is 3.38. The topological polar surface area (TPSA) is 69.6 Å². The number of nitrogens with zero attached hydrogens (tertiary/aromatic N) is 1. The lowest BCUT2D eigenvalue weighted by molar-refractivity contribution is -0.146. The molecule has 0 aromatic carbocycles. The zero-order valence-electron chi connectivity index (χ0n) is 10.6. The van der Waals surface area contributed by atoms with E-state index in [0.717, 1.165) is 19.3 Å². The van der Waals surface area contributed by atoms with Gasteiger partial charge in [0.2, 0.25) is 0 Å². The van der Waals surface area contributed by atoms with Gasteiger partial charge >= 0.3 is 12.0 Å². The number of carboxylic acids is 1. The molecule has 1 saturated carbocycles. The average molecular weight is 272 g/mol. The minimum absolute atomic E-state index is 0.0979. The van der Waals surface area contributed by atoms with Gasteiger partial charge in [-0.15, -0.1) is 0 Å². The molecule has 2 fully saturated rings. The van der Waals surface area contributed by atoms with E-state index >= 15 is 0 Å². The van der Waals surface area contributed by atoms with Gasteiger partial charge in [0.15, 0.2) is 0 Å². The predicted molar refractivity (Wildman–Crippen MR) is 70.8 cm³/mol. The third kappa shape index (κ3) is 3.10. The lowest BCUT2D eigenvalue weighted by Gasteiger charge is -2.38. The van der Waals surface area contributed by atoms with Crippen molar-refractivity contribution in [2.24, 2.45) is 5.92 Å². The van der Waals surface area contributed by atoms with Crippen molar-refractivity contribution >= 4 is 23.8 Å². The normalized spacial score (nSPS) is 28.6. The molecule has 2 aliphatic rings. The van der Waals surface area contributed by atoms with Crippen molar-refractivity contribution in [1.82, 2.24) is 10.2 Å². The molecule has 1 aliphatic heterocycles. The van der Waals surface area contributed by atoms with E-state index in [0.29, 0.717) is 18.3 Å². The number of hydrogen-bond acceptors (Lipinski definition) is 3. The maximum Gasteiger partial charge on any atom is 0.317 e. The zero-order chi connectivity index (χ0) is 13.1. The first-order valence-electron chi connectivity index (χ1n) is 6.41. The summed E-state index contributed by atoms with van der Waals surface area (Å²) in [7, 11) is 0. The van der Waals surface area contributed by atoms with Crippen LogP contribution in [0.5, 0.6) is 0 Å². The van der Waals surface area contributed by atoms with Crippen molar-refractivity contribution in [1.29, 1.82) is 0 Å². The Hall–Kier alpha value is -0.910. The van der Waals surface area contributed by atoms with Crippen LogP contribution in [0, 0.1) is 5.92 Å². The summed E-state index contributed by atoms with van der Waals surface area (Å²) in [5.41, 5.74) is 0. The minimum atomic E-state index is -0.806. The molecule has 1 saturated heterocycles. The number of carbonyl (C=O) groups is 2. The number of rotatable bonds is 3. The second kappa shape index (κ2) is 5.82. The molecule has 2 amide bonds. The van der Waals surface area contributed by atoms with Gasteiger partial charge in [-0.25, -0.2) is 4.79 Å². The van der Waals surface area contributed by atoms with Crippen LogP contribution in [0.4, 0.5) is 4.79 Å². The monoisotopic (exact) mass is 272 g/mol. The largest absolute Gasteiger partial charge is 0.481 e. The number of nitrogens with one attached hydrogen (secondary N) is 1. The van der Waals surface area contributed by atoms with Gasteiger partial charge in [0.1, 0.15) is 0 Å². The smallest absolute Gasteiger partial charge is 0.317 e. The third-order valence-corrected chi connectivity index (χ3v) is 4.90. The van der Waals surface area contributed by atoms with Gasteiger partial charge in [-0.3, -0.25) is 4.79 Å². The summed E-state index contributed by atoms with van der Waals surface area (Å²) in [5.74, 6) is -1.18. The highest BCUT2D eigenvalue weighted by molar-refractivity contribution is 7.99. The molecule has 0 aromatic rings. The molecule has 2 rings (SSSR count). The van der Waals surface area contributed by atoms with E-state index in [-0.39, 0.29) is 18.0 Å². The Morgan fingerprint density at radius 3 is 2.67 bits per heavy atom. The SMILES string of the molecule is CSC1CCCC(NC(=O)N2CC(C(=O)O)C2)C1. The summed E-state index contributed by atoms with van der Waals surface area (Å²) >= 11 is 1.87. The highest BCUT2D eigenvalue weighted by atomic mass is 32.2. The molecule has 102 valence electrons. The summed E-state index contributed by atoms with van der Waals surface area (Å²) in [6.45, 7) is 0.694. The first-order chi connectivity index (χ1) is 8.60. The van der Waals surface area contributed by atoms with Crippen LogP contribution in [0.15, 0.2) is 0 Å². The Labute approximate surface area is 111 Å². The van der Waals surface area contributed by atoms with Crippen LogP contribution >= 0.6 is 11.8 Å². The number of aliphatic carboxylic acids is 1. The Morgan fingerprint density at radius 2 is 2.06 bits per heavy atom. The van der Waals surface area contributed by atoms with Gasteiger partial charge in [-0.2, -0.15) is 11.8 Å². The molecule has 6 heteroatoms. The van der Waals surface area contributed by atoms with Gasteiger partial charge < -0.3 is 15.3 Å². The maximum atomic E-state index is 11.9. The molecule has 5 nitrogen and oxygen atoms in total.